The maximum absolute atomic E-state index is 5.50. The van der Waals surface area contributed by atoms with Gasteiger partial charge in [0.2, 0.25) is 5.88 Å². The smallest absolute Gasteiger partial charge is 0.218 e. The molecule has 1 aliphatic rings. The zero-order valence-electron chi connectivity index (χ0n) is 9.07. The van der Waals surface area contributed by atoms with Crippen LogP contribution < -0.4 is 10.1 Å². The molecule has 0 aromatic carbocycles. The SMILES string of the molecule is CCCCOc1cc(NC2CC2)ncn1. The molecule has 0 atom stereocenters. The normalized spacial score (nSPS) is 15.0. The minimum Gasteiger partial charge on any atom is -0.478 e. The zero-order valence-corrected chi connectivity index (χ0v) is 9.07. The lowest BCUT2D eigenvalue weighted by Crippen LogP contribution is -2.05. The summed E-state index contributed by atoms with van der Waals surface area (Å²) in [6, 6.07) is 2.48. The number of ether oxygens (including phenoxy) is 1. The van der Waals surface area contributed by atoms with Crippen molar-refractivity contribution in [3.8, 4) is 5.88 Å². The first-order valence-corrected chi connectivity index (χ1v) is 5.60. The third kappa shape index (κ3) is 3.38. The van der Waals surface area contributed by atoms with Gasteiger partial charge >= 0.3 is 0 Å². The van der Waals surface area contributed by atoms with Gasteiger partial charge in [-0.15, -0.1) is 0 Å². The number of hydrogen-bond acceptors (Lipinski definition) is 4. The van der Waals surface area contributed by atoms with Crippen molar-refractivity contribution in [1.29, 1.82) is 0 Å². The van der Waals surface area contributed by atoms with Gasteiger partial charge in [0.15, 0.2) is 0 Å². The largest absolute Gasteiger partial charge is 0.478 e. The monoisotopic (exact) mass is 207 g/mol. The molecule has 0 radical (unpaired) electrons. The molecule has 1 heterocycles. The van der Waals surface area contributed by atoms with Crippen LogP contribution in [0.2, 0.25) is 0 Å². The average molecular weight is 207 g/mol. The number of nitrogens with zero attached hydrogens (tertiary/aromatic N) is 2. The first-order valence-electron chi connectivity index (χ1n) is 5.60. The minimum atomic E-state index is 0.614. The molecule has 0 bridgehead atoms. The number of hydrogen-bond donors (Lipinski definition) is 1. The highest BCUT2D eigenvalue weighted by atomic mass is 16.5. The Morgan fingerprint density at radius 3 is 3.07 bits per heavy atom. The molecule has 1 saturated carbocycles. The van der Waals surface area contributed by atoms with Gasteiger partial charge in [0.1, 0.15) is 12.1 Å². The van der Waals surface area contributed by atoms with E-state index in [1.54, 1.807) is 6.33 Å². The van der Waals surface area contributed by atoms with Crippen molar-refractivity contribution < 1.29 is 4.74 Å². The summed E-state index contributed by atoms with van der Waals surface area (Å²) in [6.07, 6.45) is 6.24. The van der Waals surface area contributed by atoms with Crippen molar-refractivity contribution in [3.05, 3.63) is 12.4 Å². The molecule has 1 aromatic heterocycles. The molecule has 15 heavy (non-hydrogen) atoms. The molecular formula is C11H17N3O. The van der Waals surface area contributed by atoms with Gasteiger partial charge in [0.05, 0.1) is 6.61 Å². The van der Waals surface area contributed by atoms with Crippen LogP contribution in [0.5, 0.6) is 5.88 Å². The van der Waals surface area contributed by atoms with Gasteiger partial charge in [-0.1, -0.05) is 13.3 Å². The Hall–Kier alpha value is -1.32. The van der Waals surface area contributed by atoms with Crippen LogP contribution in [0.3, 0.4) is 0 Å². The Labute approximate surface area is 90.1 Å². The highest BCUT2D eigenvalue weighted by molar-refractivity contribution is 5.39. The fraction of sp³-hybridized carbons (Fsp3) is 0.636. The van der Waals surface area contributed by atoms with Gasteiger partial charge in [0, 0.05) is 12.1 Å². The van der Waals surface area contributed by atoms with Crippen LogP contribution in [-0.4, -0.2) is 22.6 Å². The van der Waals surface area contributed by atoms with E-state index in [1.807, 2.05) is 6.07 Å². The number of nitrogens with one attached hydrogen (secondary N) is 1. The first kappa shape index (κ1) is 10.2. The zero-order chi connectivity index (χ0) is 10.5. The fourth-order valence-electron chi connectivity index (χ4n) is 1.26. The summed E-state index contributed by atoms with van der Waals surface area (Å²) in [7, 11) is 0. The van der Waals surface area contributed by atoms with E-state index in [0.717, 1.165) is 25.3 Å². The van der Waals surface area contributed by atoms with Gasteiger partial charge in [-0.3, -0.25) is 0 Å². The molecule has 82 valence electrons. The van der Waals surface area contributed by atoms with Crippen LogP contribution in [0.25, 0.3) is 0 Å². The highest BCUT2D eigenvalue weighted by Crippen LogP contribution is 2.24. The number of anilines is 1. The second kappa shape index (κ2) is 4.96. The summed E-state index contributed by atoms with van der Waals surface area (Å²) in [6.45, 7) is 2.87. The Balaban J connectivity index is 1.86. The Morgan fingerprint density at radius 2 is 2.33 bits per heavy atom. The predicted molar refractivity (Wildman–Crippen MR) is 59.1 cm³/mol. The summed E-state index contributed by atoms with van der Waals surface area (Å²) in [5.41, 5.74) is 0. The molecule has 0 amide bonds. The molecule has 0 saturated heterocycles. The van der Waals surface area contributed by atoms with Crippen molar-refractivity contribution in [2.24, 2.45) is 0 Å². The predicted octanol–water partition coefficient (Wildman–Crippen LogP) is 2.23. The molecule has 1 aliphatic carbocycles. The maximum Gasteiger partial charge on any atom is 0.218 e. The summed E-state index contributed by atoms with van der Waals surface area (Å²) in [4.78, 5) is 8.21. The van der Waals surface area contributed by atoms with Gasteiger partial charge in [-0.25, -0.2) is 9.97 Å². The van der Waals surface area contributed by atoms with Crippen LogP contribution >= 0.6 is 0 Å². The third-order valence-electron chi connectivity index (χ3n) is 2.32. The van der Waals surface area contributed by atoms with Crippen LogP contribution in [0.1, 0.15) is 32.6 Å². The van der Waals surface area contributed by atoms with Crippen LogP contribution in [0, 0.1) is 0 Å². The fourth-order valence-corrected chi connectivity index (χ4v) is 1.26. The average Bonchev–Trinajstić information content (AvgIpc) is 3.03. The van der Waals surface area contributed by atoms with E-state index in [1.165, 1.54) is 12.8 Å². The second-order valence-corrected chi connectivity index (χ2v) is 3.86. The van der Waals surface area contributed by atoms with Crippen molar-refractivity contribution in [1.82, 2.24) is 9.97 Å². The molecule has 0 unspecified atom stereocenters. The van der Waals surface area contributed by atoms with Crippen molar-refractivity contribution in [2.75, 3.05) is 11.9 Å². The Morgan fingerprint density at radius 1 is 1.47 bits per heavy atom. The molecule has 1 N–H and O–H groups in total. The van der Waals surface area contributed by atoms with E-state index in [0.29, 0.717) is 11.9 Å². The van der Waals surface area contributed by atoms with E-state index in [9.17, 15) is 0 Å². The van der Waals surface area contributed by atoms with Gasteiger partial charge in [0.25, 0.3) is 0 Å². The van der Waals surface area contributed by atoms with Crippen molar-refractivity contribution in [3.63, 3.8) is 0 Å². The summed E-state index contributed by atoms with van der Waals surface area (Å²) < 4.78 is 5.50. The standard InChI is InChI=1S/C11H17N3O/c1-2-3-6-15-11-7-10(12-8-13-11)14-9-4-5-9/h7-9H,2-6H2,1H3,(H,12,13,14). The van der Waals surface area contributed by atoms with E-state index >= 15 is 0 Å². The molecule has 1 aromatic rings. The topological polar surface area (TPSA) is 47.0 Å². The van der Waals surface area contributed by atoms with Crippen LogP contribution in [-0.2, 0) is 0 Å². The lowest BCUT2D eigenvalue weighted by Gasteiger charge is -2.06. The maximum atomic E-state index is 5.50. The minimum absolute atomic E-state index is 0.614. The molecule has 2 rings (SSSR count). The summed E-state index contributed by atoms with van der Waals surface area (Å²) in [5, 5.41) is 3.32. The summed E-state index contributed by atoms with van der Waals surface area (Å²) >= 11 is 0. The van der Waals surface area contributed by atoms with E-state index < -0.39 is 0 Å². The van der Waals surface area contributed by atoms with Gasteiger partial charge < -0.3 is 10.1 Å². The van der Waals surface area contributed by atoms with E-state index in [-0.39, 0.29) is 0 Å². The van der Waals surface area contributed by atoms with Gasteiger partial charge in [-0.2, -0.15) is 0 Å². The Kier molecular flexibility index (Phi) is 3.37. The van der Waals surface area contributed by atoms with Gasteiger partial charge in [-0.05, 0) is 19.3 Å². The molecule has 4 nitrogen and oxygen atoms in total. The van der Waals surface area contributed by atoms with Crippen LogP contribution in [0.4, 0.5) is 5.82 Å². The second-order valence-electron chi connectivity index (χ2n) is 3.86. The van der Waals surface area contributed by atoms with Crippen molar-refractivity contribution in [2.45, 2.75) is 38.6 Å². The number of aromatic nitrogens is 2. The molecule has 1 fully saturated rings. The third-order valence-corrected chi connectivity index (χ3v) is 2.32. The Bertz CT molecular complexity index is 312. The lowest BCUT2D eigenvalue weighted by molar-refractivity contribution is 0.297. The molecule has 0 spiro atoms. The quantitative estimate of drug-likeness (QED) is 0.727. The highest BCUT2D eigenvalue weighted by Gasteiger charge is 2.21. The van der Waals surface area contributed by atoms with E-state index in [2.05, 4.69) is 22.2 Å². The number of rotatable bonds is 6. The van der Waals surface area contributed by atoms with Crippen LogP contribution in [0.15, 0.2) is 12.4 Å². The molecule has 0 aliphatic heterocycles. The lowest BCUT2D eigenvalue weighted by atomic mass is 10.4. The molecular weight excluding hydrogens is 190 g/mol. The van der Waals surface area contributed by atoms with E-state index in [4.69, 9.17) is 4.74 Å². The summed E-state index contributed by atoms with van der Waals surface area (Å²) in [5.74, 6) is 1.54. The first-order chi connectivity index (χ1) is 7.38. The van der Waals surface area contributed by atoms with Crippen molar-refractivity contribution >= 4 is 5.82 Å². The number of unbranched alkanes of at least 4 members (excludes halogenated alkanes) is 1. The molecule has 4 heteroatoms.